The van der Waals surface area contributed by atoms with E-state index in [1.54, 1.807) is 0 Å². The van der Waals surface area contributed by atoms with Crippen molar-refractivity contribution in [2.45, 2.75) is 85.7 Å². The third kappa shape index (κ3) is 4.65. The van der Waals surface area contributed by atoms with Gasteiger partial charge in [0.1, 0.15) is 6.10 Å². The van der Waals surface area contributed by atoms with Crippen LogP contribution in [0.5, 0.6) is 0 Å². The SMILES string of the molecule is CC1CCC(C(C)C)C(OC(=O)c2c(C(C)C)cccc2C(C)C)C1. The second kappa shape index (κ2) is 8.38. The molecule has 2 nitrogen and oxygen atoms in total. The predicted octanol–water partition coefficient (Wildman–Crippen LogP) is 6.55. The van der Waals surface area contributed by atoms with Crippen LogP contribution in [0.15, 0.2) is 18.2 Å². The van der Waals surface area contributed by atoms with Crippen LogP contribution in [0.25, 0.3) is 0 Å². The number of ether oxygens (including phenoxy) is 1. The van der Waals surface area contributed by atoms with E-state index in [0.717, 1.165) is 23.1 Å². The van der Waals surface area contributed by atoms with Gasteiger partial charge in [0.15, 0.2) is 0 Å². The molecule has 2 rings (SSSR count). The molecule has 140 valence electrons. The Morgan fingerprint density at radius 3 is 2.04 bits per heavy atom. The molecule has 0 N–H and O–H groups in total. The topological polar surface area (TPSA) is 26.3 Å². The van der Waals surface area contributed by atoms with Crippen LogP contribution in [0.1, 0.15) is 101 Å². The zero-order valence-corrected chi connectivity index (χ0v) is 17.1. The number of carbonyl (C=O) groups is 1. The van der Waals surface area contributed by atoms with Crippen molar-refractivity contribution in [1.82, 2.24) is 0 Å². The van der Waals surface area contributed by atoms with Gasteiger partial charge < -0.3 is 4.74 Å². The average Bonchev–Trinajstić information content (AvgIpc) is 2.53. The highest BCUT2D eigenvalue weighted by molar-refractivity contribution is 5.93. The number of esters is 1. The minimum absolute atomic E-state index is 0.0523. The lowest BCUT2D eigenvalue weighted by molar-refractivity contribution is -0.0176. The molecule has 1 aliphatic carbocycles. The lowest BCUT2D eigenvalue weighted by atomic mass is 9.75. The third-order valence-corrected chi connectivity index (χ3v) is 5.80. The molecule has 1 aromatic carbocycles. The Hall–Kier alpha value is -1.31. The van der Waals surface area contributed by atoms with Crippen LogP contribution in [-0.2, 0) is 4.74 Å². The molecule has 2 heteroatoms. The molecular formula is C23H36O2. The summed E-state index contributed by atoms with van der Waals surface area (Å²) in [6.07, 6.45) is 3.46. The highest BCUT2D eigenvalue weighted by Crippen LogP contribution is 2.37. The third-order valence-electron chi connectivity index (χ3n) is 5.80. The lowest BCUT2D eigenvalue weighted by Gasteiger charge is -2.37. The molecule has 1 aromatic rings. The molecule has 1 saturated carbocycles. The van der Waals surface area contributed by atoms with Gasteiger partial charge in [-0.05, 0) is 53.6 Å². The van der Waals surface area contributed by atoms with Crippen LogP contribution in [-0.4, -0.2) is 12.1 Å². The van der Waals surface area contributed by atoms with Crippen molar-refractivity contribution in [3.8, 4) is 0 Å². The van der Waals surface area contributed by atoms with E-state index in [1.165, 1.54) is 12.8 Å². The van der Waals surface area contributed by atoms with E-state index >= 15 is 0 Å². The van der Waals surface area contributed by atoms with Crippen molar-refractivity contribution in [3.05, 3.63) is 34.9 Å². The van der Waals surface area contributed by atoms with Gasteiger partial charge in [-0.3, -0.25) is 0 Å². The zero-order valence-electron chi connectivity index (χ0n) is 17.1. The molecule has 0 radical (unpaired) electrons. The summed E-state index contributed by atoms with van der Waals surface area (Å²) >= 11 is 0. The van der Waals surface area contributed by atoms with Gasteiger partial charge in [0, 0.05) is 0 Å². The molecule has 25 heavy (non-hydrogen) atoms. The first kappa shape index (κ1) is 20.0. The summed E-state index contributed by atoms with van der Waals surface area (Å²) in [7, 11) is 0. The maximum Gasteiger partial charge on any atom is 0.338 e. The number of hydrogen-bond donors (Lipinski definition) is 0. The van der Waals surface area contributed by atoms with Crippen LogP contribution in [0.3, 0.4) is 0 Å². The fraction of sp³-hybridized carbons (Fsp3) is 0.696. The minimum Gasteiger partial charge on any atom is -0.458 e. The van der Waals surface area contributed by atoms with E-state index in [1.807, 2.05) is 0 Å². The van der Waals surface area contributed by atoms with Crippen molar-refractivity contribution < 1.29 is 9.53 Å². The number of carbonyl (C=O) groups excluding carboxylic acids is 1. The minimum atomic E-state index is -0.113. The fourth-order valence-corrected chi connectivity index (χ4v) is 4.23. The summed E-state index contributed by atoms with van der Waals surface area (Å²) in [6, 6.07) is 6.23. The summed E-state index contributed by atoms with van der Waals surface area (Å²) in [5.74, 6) is 2.18. The molecule has 0 aromatic heterocycles. The van der Waals surface area contributed by atoms with Gasteiger partial charge in [0.25, 0.3) is 0 Å². The summed E-state index contributed by atoms with van der Waals surface area (Å²) in [5.41, 5.74) is 3.04. The van der Waals surface area contributed by atoms with Gasteiger partial charge in [-0.25, -0.2) is 4.79 Å². The Morgan fingerprint density at radius 2 is 1.56 bits per heavy atom. The maximum absolute atomic E-state index is 13.2. The molecule has 0 spiro atoms. The van der Waals surface area contributed by atoms with Crippen LogP contribution in [0.2, 0.25) is 0 Å². The van der Waals surface area contributed by atoms with E-state index in [-0.39, 0.29) is 12.1 Å². The number of rotatable bonds is 5. The molecule has 0 saturated heterocycles. The molecule has 0 bridgehead atoms. The van der Waals surface area contributed by atoms with Crippen molar-refractivity contribution in [3.63, 3.8) is 0 Å². The molecule has 1 fully saturated rings. The fourth-order valence-electron chi connectivity index (χ4n) is 4.23. The Labute approximate surface area is 154 Å². The molecule has 1 aliphatic rings. The first-order chi connectivity index (χ1) is 11.7. The molecule has 0 amide bonds. The number of hydrogen-bond acceptors (Lipinski definition) is 2. The van der Waals surface area contributed by atoms with Crippen molar-refractivity contribution in [1.29, 1.82) is 0 Å². The van der Waals surface area contributed by atoms with Gasteiger partial charge in [0.2, 0.25) is 0 Å². The first-order valence-electron chi connectivity index (χ1n) is 10.1. The monoisotopic (exact) mass is 344 g/mol. The Morgan fingerprint density at radius 1 is 1.00 bits per heavy atom. The summed E-state index contributed by atoms with van der Waals surface area (Å²) < 4.78 is 6.16. The van der Waals surface area contributed by atoms with E-state index in [2.05, 4.69) is 66.7 Å². The molecule has 0 aliphatic heterocycles. The van der Waals surface area contributed by atoms with Crippen molar-refractivity contribution >= 4 is 5.97 Å². The van der Waals surface area contributed by atoms with Gasteiger partial charge in [-0.15, -0.1) is 0 Å². The highest BCUT2D eigenvalue weighted by atomic mass is 16.5. The van der Waals surface area contributed by atoms with Gasteiger partial charge >= 0.3 is 5.97 Å². The molecule has 0 heterocycles. The second-order valence-electron chi connectivity index (χ2n) is 8.89. The Balaban J connectivity index is 2.33. The van der Waals surface area contributed by atoms with Crippen molar-refractivity contribution in [2.24, 2.45) is 17.8 Å². The second-order valence-corrected chi connectivity index (χ2v) is 8.89. The summed E-state index contributed by atoms with van der Waals surface area (Å²) in [4.78, 5) is 13.2. The molecule has 3 unspecified atom stereocenters. The molecular weight excluding hydrogens is 308 g/mol. The normalized spacial score (nSPS) is 24.2. The van der Waals surface area contributed by atoms with Crippen LogP contribution in [0.4, 0.5) is 0 Å². The molecule has 3 atom stereocenters. The van der Waals surface area contributed by atoms with Crippen LogP contribution in [0, 0.1) is 17.8 Å². The predicted molar refractivity (Wildman–Crippen MR) is 105 cm³/mol. The highest BCUT2D eigenvalue weighted by Gasteiger charge is 2.34. The Bertz CT molecular complexity index is 560. The van der Waals surface area contributed by atoms with E-state index in [9.17, 15) is 4.79 Å². The first-order valence-corrected chi connectivity index (χ1v) is 10.1. The summed E-state index contributed by atoms with van der Waals surface area (Å²) in [6.45, 7) is 15.4. The summed E-state index contributed by atoms with van der Waals surface area (Å²) in [5, 5.41) is 0. The average molecular weight is 345 g/mol. The number of benzene rings is 1. The maximum atomic E-state index is 13.2. The quantitative estimate of drug-likeness (QED) is 0.566. The van der Waals surface area contributed by atoms with Crippen molar-refractivity contribution in [2.75, 3.05) is 0 Å². The van der Waals surface area contributed by atoms with Gasteiger partial charge in [0.05, 0.1) is 5.56 Å². The van der Waals surface area contributed by atoms with Gasteiger partial charge in [-0.1, -0.05) is 73.1 Å². The van der Waals surface area contributed by atoms with E-state index in [0.29, 0.717) is 29.6 Å². The smallest absolute Gasteiger partial charge is 0.338 e. The largest absolute Gasteiger partial charge is 0.458 e. The zero-order chi connectivity index (χ0) is 18.7. The van der Waals surface area contributed by atoms with Crippen LogP contribution < -0.4 is 0 Å². The Kier molecular flexibility index (Phi) is 6.71. The van der Waals surface area contributed by atoms with E-state index in [4.69, 9.17) is 4.74 Å². The van der Waals surface area contributed by atoms with Gasteiger partial charge in [-0.2, -0.15) is 0 Å². The lowest BCUT2D eigenvalue weighted by Crippen LogP contribution is -2.36. The van der Waals surface area contributed by atoms with Crippen LogP contribution >= 0.6 is 0 Å². The standard InChI is InChI=1S/C23H36O2/c1-14(2)18-12-11-17(7)13-21(18)25-23(24)22-19(15(3)4)9-8-10-20(22)16(5)6/h8-10,14-18,21H,11-13H2,1-7H3. The van der Waals surface area contributed by atoms with E-state index < -0.39 is 0 Å².